The number of nitriles is 1. The van der Waals surface area contributed by atoms with Crippen LogP contribution in [0.3, 0.4) is 0 Å². The van der Waals surface area contributed by atoms with Crippen LogP contribution in [0, 0.1) is 18.3 Å². The van der Waals surface area contributed by atoms with E-state index >= 15 is 0 Å². The van der Waals surface area contributed by atoms with Crippen LogP contribution in [0.15, 0.2) is 67.0 Å². The number of nitrogens with zero attached hydrogens (tertiary/aromatic N) is 3. The molecule has 1 aromatic heterocycles. The van der Waals surface area contributed by atoms with E-state index in [1.165, 1.54) is 12.3 Å². The Balaban J connectivity index is 1.28. The smallest absolute Gasteiger partial charge is 0.153 e. The summed E-state index contributed by atoms with van der Waals surface area (Å²) in [5.74, 6) is 1.29. The minimum Gasteiger partial charge on any atom is -0.489 e. The Morgan fingerprint density at radius 3 is 2.61 bits per heavy atom. The first-order valence-corrected chi connectivity index (χ1v) is 15.8. The summed E-state index contributed by atoms with van der Waals surface area (Å²) in [7, 11) is 0. The summed E-state index contributed by atoms with van der Waals surface area (Å²) in [4.78, 5) is 18.0. The highest BCUT2D eigenvalue weighted by atomic mass is 35.5. The van der Waals surface area contributed by atoms with Crippen molar-refractivity contribution < 1.29 is 24.1 Å². The van der Waals surface area contributed by atoms with E-state index < -0.39 is 0 Å². The molecule has 4 aromatic rings. The molecule has 1 N–H and O–H groups in total. The van der Waals surface area contributed by atoms with E-state index in [0.717, 1.165) is 48.2 Å². The zero-order valence-electron chi connectivity index (χ0n) is 25.7. The van der Waals surface area contributed by atoms with Gasteiger partial charge in [-0.25, -0.2) is 0 Å². The number of halogens is 2. The first kappa shape index (κ1) is 33.2. The molecule has 0 saturated carbocycles. The molecule has 2 atom stereocenters. The number of aromatic nitrogens is 1. The monoisotopic (exact) mass is 659 g/mol. The average Bonchev–Trinajstić information content (AvgIpc) is 3.49. The number of pyridine rings is 1. The molecule has 10 heteroatoms. The maximum atomic E-state index is 11.7. The van der Waals surface area contributed by atoms with Crippen molar-refractivity contribution in [3.63, 3.8) is 0 Å². The predicted octanol–water partition coefficient (Wildman–Crippen LogP) is 7.43. The van der Waals surface area contributed by atoms with Crippen LogP contribution < -0.4 is 14.2 Å². The topological polar surface area (TPSA) is 105 Å². The van der Waals surface area contributed by atoms with E-state index in [1.54, 1.807) is 18.3 Å². The number of β-amino-alcohol motifs (C(OH)–C–C–N with tert-alkyl or cyclic N) is 1. The molecule has 238 valence electrons. The van der Waals surface area contributed by atoms with Crippen LogP contribution in [0.5, 0.6) is 17.2 Å². The van der Waals surface area contributed by atoms with Crippen LogP contribution in [-0.4, -0.2) is 53.1 Å². The lowest BCUT2D eigenvalue weighted by Gasteiger charge is -2.21. The highest BCUT2D eigenvalue weighted by Gasteiger charge is 2.21. The van der Waals surface area contributed by atoms with Gasteiger partial charge in [0.15, 0.2) is 6.29 Å². The second kappa shape index (κ2) is 15.4. The fourth-order valence-corrected chi connectivity index (χ4v) is 5.92. The average molecular weight is 661 g/mol. The first-order valence-electron chi connectivity index (χ1n) is 15.1. The fourth-order valence-electron chi connectivity index (χ4n) is 5.42. The first-order chi connectivity index (χ1) is 22.2. The molecule has 0 spiro atoms. The maximum absolute atomic E-state index is 11.7. The Bertz CT molecular complexity index is 1740. The van der Waals surface area contributed by atoms with Gasteiger partial charge in [-0.2, -0.15) is 5.26 Å². The lowest BCUT2D eigenvalue weighted by atomic mass is 9.96. The van der Waals surface area contributed by atoms with Crippen molar-refractivity contribution in [3.05, 3.63) is 105 Å². The molecule has 8 nitrogen and oxygen atoms in total. The third-order valence-corrected chi connectivity index (χ3v) is 8.70. The number of aliphatic hydroxyl groups is 1. The van der Waals surface area contributed by atoms with Gasteiger partial charge in [-0.3, -0.25) is 9.78 Å². The number of aliphatic hydroxyl groups excluding tert-OH is 1. The molecule has 2 heterocycles. The highest BCUT2D eigenvalue weighted by molar-refractivity contribution is 6.35. The van der Waals surface area contributed by atoms with E-state index in [9.17, 15) is 9.90 Å². The van der Waals surface area contributed by atoms with Gasteiger partial charge in [-0.05, 0) is 61.6 Å². The van der Waals surface area contributed by atoms with E-state index in [4.69, 9.17) is 42.7 Å². The number of benzene rings is 3. The van der Waals surface area contributed by atoms with Gasteiger partial charge in [0.05, 0.1) is 33.4 Å². The van der Waals surface area contributed by atoms with Gasteiger partial charge in [0.2, 0.25) is 0 Å². The standard InChI is InChI=1S/C36H35Cl2N3O5/c1-23(9-11-41-12-10-29(43)19-41)46-33-8-4-7-31(36(33)38)30-6-3-5-27(24(30)2)22-45-35-15-34(28(20-42)14-32(35)37)44-21-26-13-25(16-39)17-40-18-26/h3-8,13-15,17-18,20,23,29,43H,9-12,19,21-22H2,1-2H3/t23-,29-/m1/s1. The van der Waals surface area contributed by atoms with Crippen LogP contribution in [-0.2, 0) is 13.2 Å². The van der Waals surface area contributed by atoms with E-state index in [2.05, 4.69) is 16.0 Å². The number of likely N-dealkylation sites (tertiary alicyclic amines) is 1. The van der Waals surface area contributed by atoms with Gasteiger partial charge in [-0.15, -0.1) is 0 Å². The van der Waals surface area contributed by atoms with Crippen LogP contribution in [0.25, 0.3) is 11.1 Å². The van der Waals surface area contributed by atoms with E-state index in [1.807, 2.05) is 50.2 Å². The molecule has 5 rings (SSSR count). The quantitative estimate of drug-likeness (QED) is 0.148. The molecular weight excluding hydrogens is 625 g/mol. The minimum atomic E-state index is -0.235. The summed E-state index contributed by atoms with van der Waals surface area (Å²) in [6.45, 7) is 6.85. The minimum absolute atomic E-state index is 0.0464. The normalized spacial score (nSPS) is 15.3. The van der Waals surface area contributed by atoms with Gasteiger partial charge in [0, 0.05) is 49.2 Å². The molecule has 46 heavy (non-hydrogen) atoms. The molecule has 0 unspecified atom stereocenters. The zero-order valence-corrected chi connectivity index (χ0v) is 27.2. The van der Waals surface area contributed by atoms with Gasteiger partial charge in [0.25, 0.3) is 0 Å². The fraction of sp³-hybridized carbons (Fsp3) is 0.306. The third-order valence-electron chi connectivity index (χ3n) is 8.02. The van der Waals surface area contributed by atoms with Crippen molar-refractivity contribution in [2.24, 2.45) is 0 Å². The number of rotatable bonds is 13. The Kier molecular flexibility index (Phi) is 11.2. The molecule has 0 aliphatic carbocycles. The summed E-state index contributed by atoms with van der Waals surface area (Å²) >= 11 is 13.4. The molecule has 0 amide bonds. The van der Waals surface area contributed by atoms with E-state index in [0.29, 0.717) is 46.2 Å². The molecule has 0 radical (unpaired) electrons. The van der Waals surface area contributed by atoms with Gasteiger partial charge in [-0.1, -0.05) is 53.5 Å². The largest absolute Gasteiger partial charge is 0.489 e. The molecular formula is C36H35Cl2N3O5. The molecule has 0 bridgehead atoms. The van der Waals surface area contributed by atoms with Crippen molar-refractivity contribution in [3.8, 4) is 34.4 Å². The SMILES string of the molecule is Cc1c(COc2cc(OCc3cncc(C#N)c3)c(C=O)cc2Cl)cccc1-c1cccc(O[C@H](C)CCN2CC[C@@H](O)C2)c1Cl. The number of carbonyl (C=O) groups excluding carboxylic acids is 1. The van der Waals surface area contributed by atoms with Crippen LogP contribution >= 0.6 is 23.2 Å². The Labute approximate surface area is 279 Å². The lowest BCUT2D eigenvalue weighted by molar-refractivity contribution is 0.111. The van der Waals surface area contributed by atoms with Gasteiger partial charge < -0.3 is 24.2 Å². The van der Waals surface area contributed by atoms with Crippen molar-refractivity contribution >= 4 is 29.5 Å². The van der Waals surface area contributed by atoms with Crippen LogP contribution in [0.2, 0.25) is 10.0 Å². The van der Waals surface area contributed by atoms with Crippen molar-refractivity contribution in [2.75, 3.05) is 19.6 Å². The van der Waals surface area contributed by atoms with Crippen LogP contribution in [0.1, 0.15) is 52.4 Å². The Morgan fingerprint density at radius 2 is 1.85 bits per heavy atom. The van der Waals surface area contributed by atoms with Gasteiger partial charge >= 0.3 is 0 Å². The summed E-state index contributed by atoms with van der Waals surface area (Å²) in [6.07, 6.45) is 5.10. The second-order valence-electron chi connectivity index (χ2n) is 11.4. The molecule has 3 aromatic carbocycles. The summed E-state index contributed by atoms with van der Waals surface area (Å²) in [5, 5.41) is 19.7. The van der Waals surface area contributed by atoms with Crippen molar-refractivity contribution in [1.29, 1.82) is 5.26 Å². The Hall–Kier alpha value is -4.13. The van der Waals surface area contributed by atoms with E-state index in [-0.39, 0.29) is 36.0 Å². The number of hydrogen-bond donors (Lipinski definition) is 1. The number of hydrogen-bond acceptors (Lipinski definition) is 8. The molecule has 1 aliphatic rings. The van der Waals surface area contributed by atoms with Gasteiger partial charge in [0.1, 0.15) is 36.5 Å². The zero-order chi connectivity index (χ0) is 32.6. The Morgan fingerprint density at radius 1 is 1.07 bits per heavy atom. The summed E-state index contributed by atoms with van der Waals surface area (Å²) < 4.78 is 18.3. The summed E-state index contributed by atoms with van der Waals surface area (Å²) in [5.41, 5.74) is 5.11. The molecule has 1 fully saturated rings. The molecule has 1 aliphatic heterocycles. The third kappa shape index (κ3) is 8.17. The van der Waals surface area contributed by atoms with Crippen LogP contribution in [0.4, 0.5) is 0 Å². The predicted molar refractivity (Wildman–Crippen MR) is 178 cm³/mol. The second-order valence-corrected chi connectivity index (χ2v) is 12.2. The summed E-state index contributed by atoms with van der Waals surface area (Å²) in [6, 6.07) is 18.6. The van der Waals surface area contributed by atoms with Crippen molar-refractivity contribution in [1.82, 2.24) is 9.88 Å². The lowest BCUT2D eigenvalue weighted by Crippen LogP contribution is -2.27. The van der Waals surface area contributed by atoms with Crippen molar-refractivity contribution in [2.45, 2.75) is 52.1 Å². The number of ether oxygens (including phenoxy) is 3. The molecule has 1 saturated heterocycles. The number of aldehydes is 1. The highest BCUT2D eigenvalue weighted by Crippen LogP contribution is 2.39. The maximum Gasteiger partial charge on any atom is 0.153 e. The number of carbonyl (C=O) groups is 1.